The Morgan fingerprint density at radius 1 is 1.25 bits per heavy atom. The molecule has 0 radical (unpaired) electrons. The standard InChI is InChI=1S/C13H21N3O2.2ClH/c1-11-3-4-12(10-16-11)9-13(17)15-6-5-14-7-8-18-2;;/h3-4,10,14H,5-9H2,1-2H3,(H,15,17);2*1H. The lowest BCUT2D eigenvalue weighted by molar-refractivity contribution is -0.120. The van der Waals surface area contributed by atoms with Gasteiger partial charge >= 0.3 is 0 Å². The highest BCUT2D eigenvalue weighted by Crippen LogP contribution is 1.99. The maximum Gasteiger partial charge on any atom is 0.224 e. The maximum absolute atomic E-state index is 11.6. The van der Waals surface area contributed by atoms with Gasteiger partial charge < -0.3 is 15.4 Å². The first-order chi connectivity index (χ1) is 8.72. The van der Waals surface area contributed by atoms with Gasteiger partial charge in [0, 0.05) is 38.6 Å². The molecule has 0 saturated carbocycles. The second-order valence-corrected chi connectivity index (χ2v) is 4.08. The molecule has 7 heteroatoms. The number of hydrogen-bond donors (Lipinski definition) is 2. The van der Waals surface area contributed by atoms with Crippen molar-refractivity contribution in [2.24, 2.45) is 0 Å². The molecule has 0 aliphatic heterocycles. The van der Waals surface area contributed by atoms with Crippen LogP contribution in [0.15, 0.2) is 18.3 Å². The number of methoxy groups -OCH3 is 1. The summed E-state index contributed by atoms with van der Waals surface area (Å²) in [4.78, 5) is 15.8. The number of amides is 1. The Kier molecular flexibility index (Phi) is 14.1. The predicted octanol–water partition coefficient (Wildman–Crippen LogP) is 1.13. The fourth-order valence-corrected chi connectivity index (χ4v) is 1.44. The minimum atomic E-state index is 0. The Balaban J connectivity index is 0. The molecule has 0 unspecified atom stereocenters. The second-order valence-electron chi connectivity index (χ2n) is 4.08. The Morgan fingerprint density at radius 3 is 2.60 bits per heavy atom. The first-order valence-corrected chi connectivity index (χ1v) is 6.10. The molecule has 0 aliphatic rings. The van der Waals surface area contributed by atoms with Gasteiger partial charge in [-0.2, -0.15) is 0 Å². The lowest BCUT2D eigenvalue weighted by atomic mass is 10.2. The van der Waals surface area contributed by atoms with E-state index in [-0.39, 0.29) is 30.7 Å². The van der Waals surface area contributed by atoms with E-state index < -0.39 is 0 Å². The number of nitrogens with zero attached hydrogens (tertiary/aromatic N) is 1. The van der Waals surface area contributed by atoms with Crippen LogP contribution in [0.25, 0.3) is 0 Å². The topological polar surface area (TPSA) is 63.2 Å². The molecule has 0 fully saturated rings. The van der Waals surface area contributed by atoms with Gasteiger partial charge in [0.25, 0.3) is 0 Å². The molecule has 0 spiro atoms. The molecule has 116 valence electrons. The molecular formula is C13H23Cl2N3O2. The Hall–Kier alpha value is -0.880. The zero-order chi connectivity index (χ0) is 13.2. The van der Waals surface area contributed by atoms with E-state index in [9.17, 15) is 4.79 Å². The van der Waals surface area contributed by atoms with Crippen LogP contribution in [0.5, 0.6) is 0 Å². The lowest BCUT2D eigenvalue weighted by Crippen LogP contribution is -2.33. The molecule has 5 nitrogen and oxygen atoms in total. The Morgan fingerprint density at radius 2 is 2.00 bits per heavy atom. The summed E-state index contributed by atoms with van der Waals surface area (Å²) in [5.41, 5.74) is 1.90. The van der Waals surface area contributed by atoms with Crippen molar-refractivity contribution in [1.82, 2.24) is 15.6 Å². The zero-order valence-corrected chi connectivity index (χ0v) is 13.5. The van der Waals surface area contributed by atoms with E-state index in [1.165, 1.54) is 0 Å². The van der Waals surface area contributed by atoms with Crippen molar-refractivity contribution in [2.75, 3.05) is 33.4 Å². The average molecular weight is 324 g/mol. The number of aryl methyl sites for hydroxylation is 1. The summed E-state index contributed by atoms with van der Waals surface area (Å²) in [6, 6.07) is 3.84. The molecule has 1 amide bonds. The summed E-state index contributed by atoms with van der Waals surface area (Å²) in [5.74, 6) is 0.0224. The van der Waals surface area contributed by atoms with E-state index in [2.05, 4.69) is 15.6 Å². The van der Waals surface area contributed by atoms with Crippen LogP contribution in [0, 0.1) is 6.92 Å². The molecule has 0 atom stereocenters. The molecule has 0 aromatic carbocycles. The first kappa shape index (κ1) is 21.4. The largest absolute Gasteiger partial charge is 0.383 e. The van der Waals surface area contributed by atoms with Crippen LogP contribution in [0.4, 0.5) is 0 Å². The number of ether oxygens (including phenoxy) is 1. The van der Waals surface area contributed by atoms with E-state index >= 15 is 0 Å². The normalized spacial score (nSPS) is 9.30. The first-order valence-electron chi connectivity index (χ1n) is 6.10. The van der Waals surface area contributed by atoms with Gasteiger partial charge in [0.15, 0.2) is 0 Å². The van der Waals surface area contributed by atoms with E-state index in [1.54, 1.807) is 13.3 Å². The summed E-state index contributed by atoms with van der Waals surface area (Å²) >= 11 is 0. The number of hydrogen-bond acceptors (Lipinski definition) is 4. The van der Waals surface area contributed by atoms with Crippen LogP contribution >= 0.6 is 24.8 Å². The van der Waals surface area contributed by atoms with Crippen LogP contribution in [0.3, 0.4) is 0 Å². The van der Waals surface area contributed by atoms with Crippen molar-refractivity contribution in [3.63, 3.8) is 0 Å². The molecule has 1 heterocycles. The summed E-state index contributed by atoms with van der Waals surface area (Å²) < 4.78 is 4.90. The van der Waals surface area contributed by atoms with Gasteiger partial charge in [0.1, 0.15) is 0 Å². The number of halogens is 2. The predicted molar refractivity (Wildman–Crippen MR) is 84.9 cm³/mol. The van der Waals surface area contributed by atoms with Crippen molar-refractivity contribution in [1.29, 1.82) is 0 Å². The average Bonchev–Trinajstić information content (AvgIpc) is 2.36. The molecule has 0 bridgehead atoms. The fraction of sp³-hybridized carbons (Fsp3) is 0.538. The third-order valence-corrected chi connectivity index (χ3v) is 2.44. The molecule has 0 aliphatic carbocycles. The van der Waals surface area contributed by atoms with Gasteiger partial charge in [-0.25, -0.2) is 0 Å². The second kappa shape index (κ2) is 13.1. The molecule has 1 aromatic heterocycles. The van der Waals surface area contributed by atoms with Gasteiger partial charge in [0.2, 0.25) is 5.91 Å². The molecular weight excluding hydrogens is 301 g/mol. The molecule has 0 saturated heterocycles. The van der Waals surface area contributed by atoms with Gasteiger partial charge in [-0.1, -0.05) is 6.07 Å². The monoisotopic (exact) mass is 323 g/mol. The number of nitrogens with one attached hydrogen (secondary N) is 2. The van der Waals surface area contributed by atoms with Crippen molar-refractivity contribution >= 4 is 30.7 Å². The fourth-order valence-electron chi connectivity index (χ4n) is 1.44. The van der Waals surface area contributed by atoms with E-state index in [0.717, 1.165) is 24.3 Å². The van der Waals surface area contributed by atoms with E-state index in [4.69, 9.17) is 4.74 Å². The van der Waals surface area contributed by atoms with Crippen molar-refractivity contribution < 1.29 is 9.53 Å². The van der Waals surface area contributed by atoms with Gasteiger partial charge in [-0.05, 0) is 18.6 Å². The third kappa shape index (κ3) is 9.97. The quantitative estimate of drug-likeness (QED) is 0.704. The molecule has 20 heavy (non-hydrogen) atoms. The van der Waals surface area contributed by atoms with Crippen LogP contribution in [0.2, 0.25) is 0 Å². The van der Waals surface area contributed by atoms with Crippen LogP contribution in [-0.2, 0) is 16.0 Å². The van der Waals surface area contributed by atoms with E-state index in [1.807, 2.05) is 19.1 Å². The Bertz CT molecular complexity index is 361. The number of rotatable bonds is 8. The lowest BCUT2D eigenvalue weighted by Gasteiger charge is -2.06. The molecule has 1 aromatic rings. The maximum atomic E-state index is 11.6. The van der Waals surface area contributed by atoms with Crippen molar-refractivity contribution in [2.45, 2.75) is 13.3 Å². The van der Waals surface area contributed by atoms with Crippen LogP contribution in [-0.4, -0.2) is 44.2 Å². The van der Waals surface area contributed by atoms with Crippen LogP contribution in [0.1, 0.15) is 11.3 Å². The summed E-state index contributed by atoms with van der Waals surface area (Å²) in [5, 5.41) is 6.01. The van der Waals surface area contributed by atoms with Gasteiger partial charge in [-0.3, -0.25) is 9.78 Å². The SMILES string of the molecule is COCCNCCNC(=O)Cc1ccc(C)nc1.Cl.Cl. The number of carbonyl (C=O) groups is 1. The van der Waals surface area contributed by atoms with Gasteiger partial charge in [0.05, 0.1) is 13.0 Å². The summed E-state index contributed by atoms with van der Waals surface area (Å²) in [6.45, 7) is 4.79. The summed E-state index contributed by atoms with van der Waals surface area (Å²) in [6.07, 6.45) is 2.12. The third-order valence-electron chi connectivity index (χ3n) is 2.44. The van der Waals surface area contributed by atoms with Crippen molar-refractivity contribution in [3.8, 4) is 0 Å². The summed E-state index contributed by atoms with van der Waals surface area (Å²) in [7, 11) is 1.67. The van der Waals surface area contributed by atoms with Crippen molar-refractivity contribution in [3.05, 3.63) is 29.6 Å². The highest BCUT2D eigenvalue weighted by Gasteiger charge is 2.02. The van der Waals surface area contributed by atoms with Crippen LogP contribution < -0.4 is 10.6 Å². The Labute approximate surface area is 132 Å². The minimum Gasteiger partial charge on any atom is -0.383 e. The van der Waals surface area contributed by atoms with E-state index in [0.29, 0.717) is 19.6 Å². The molecule has 2 N–H and O–H groups in total. The number of aromatic nitrogens is 1. The smallest absolute Gasteiger partial charge is 0.224 e. The minimum absolute atomic E-state index is 0. The number of pyridine rings is 1. The zero-order valence-electron chi connectivity index (χ0n) is 11.8. The highest BCUT2D eigenvalue weighted by molar-refractivity contribution is 5.85. The highest BCUT2D eigenvalue weighted by atomic mass is 35.5. The molecule has 1 rings (SSSR count). The van der Waals surface area contributed by atoms with Gasteiger partial charge in [-0.15, -0.1) is 24.8 Å². The number of carbonyl (C=O) groups excluding carboxylic acids is 1.